The van der Waals surface area contributed by atoms with Crippen LogP contribution in [0.3, 0.4) is 0 Å². The van der Waals surface area contributed by atoms with E-state index in [4.69, 9.17) is 15.6 Å². The van der Waals surface area contributed by atoms with Crippen LogP contribution in [-0.2, 0) is 0 Å². The Morgan fingerprint density at radius 1 is 1.56 bits per heavy atom. The summed E-state index contributed by atoms with van der Waals surface area (Å²) in [6, 6.07) is 4.69. The second-order valence-corrected chi connectivity index (χ2v) is 4.07. The fourth-order valence-corrected chi connectivity index (χ4v) is 1.63. The third-order valence-corrected chi connectivity index (χ3v) is 2.69. The summed E-state index contributed by atoms with van der Waals surface area (Å²) in [5.41, 5.74) is 6.76. The molecular formula is C13H20N2O3. The molecule has 1 rings (SSSR count). The second-order valence-electron chi connectivity index (χ2n) is 4.07. The lowest BCUT2D eigenvalue weighted by Gasteiger charge is -2.13. The molecule has 0 heterocycles. The number of anilines is 1. The largest absolute Gasteiger partial charge is 0.495 e. The van der Waals surface area contributed by atoms with E-state index in [1.165, 1.54) is 7.11 Å². The lowest BCUT2D eigenvalue weighted by Crippen LogP contribution is -2.35. The van der Waals surface area contributed by atoms with Crippen LogP contribution in [0.1, 0.15) is 23.7 Å². The predicted molar refractivity (Wildman–Crippen MR) is 70.9 cm³/mol. The van der Waals surface area contributed by atoms with Crippen molar-refractivity contribution < 1.29 is 14.6 Å². The van der Waals surface area contributed by atoms with E-state index < -0.39 is 0 Å². The predicted octanol–water partition coefficient (Wildman–Crippen LogP) is 0.821. The van der Waals surface area contributed by atoms with E-state index in [1.54, 1.807) is 25.1 Å². The zero-order valence-electron chi connectivity index (χ0n) is 10.8. The molecule has 4 N–H and O–H groups in total. The summed E-state index contributed by atoms with van der Waals surface area (Å²) in [4.78, 5) is 12.1. The first kappa shape index (κ1) is 14.5. The van der Waals surface area contributed by atoms with Crippen LogP contribution in [0, 0.1) is 0 Å². The van der Waals surface area contributed by atoms with E-state index >= 15 is 0 Å². The van der Waals surface area contributed by atoms with Crippen molar-refractivity contribution in [2.24, 2.45) is 0 Å². The Bertz CT molecular complexity index is 407. The minimum atomic E-state index is -0.302. The minimum Gasteiger partial charge on any atom is -0.495 e. The number of aliphatic hydroxyl groups is 1. The van der Waals surface area contributed by atoms with E-state index in [2.05, 4.69) is 5.32 Å². The molecule has 0 bridgehead atoms. The van der Waals surface area contributed by atoms with Gasteiger partial charge in [0.15, 0.2) is 5.78 Å². The number of methoxy groups -OCH3 is 1. The molecule has 5 heteroatoms. The molecule has 1 aromatic carbocycles. The topological polar surface area (TPSA) is 84.6 Å². The average Bonchev–Trinajstić information content (AvgIpc) is 2.38. The fraction of sp³-hybridized carbons (Fsp3) is 0.462. The quantitative estimate of drug-likeness (QED) is 0.380. The van der Waals surface area contributed by atoms with Crippen molar-refractivity contribution >= 4 is 11.5 Å². The maximum absolute atomic E-state index is 12.1. The Kier molecular flexibility index (Phi) is 5.61. The van der Waals surface area contributed by atoms with Gasteiger partial charge in [0.2, 0.25) is 0 Å². The molecule has 1 aromatic rings. The second kappa shape index (κ2) is 6.98. The van der Waals surface area contributed by atoms with Gasteiger partial charge in [0.1, 0.15) is 5.75 Å². The number of rotatable bonds is 7. The van der Waals surface area contributed by atoms with Gasteiger partial charge in [0.05, 0.1) is 18.8 Å². The first-order valence-corrected chi connectivity index (χ1v) is 5.92. The minimum absolute atomic E-state index is 0.0257. The van der Waals surface area contributed by atoms with Crippen molar-refractivity contribution in [1.29, 1.82) is 0 Å². The van der Waals surface area contributed by atoms with Gasteiger partial charge < -0.3 is 20.9 Å². The zero-order valence-corrected chi connectivity index (χ0v) is 10.8. The molecule has 18 heavy (non-hydrogen) atoms. The number of nitrogens with one attached hydrogen (secondary N) is 1. The zero-order chi connectivity index (χ0) is 13.5. The highest BCUT2D eigenvalue weighted by molar-refractivity contribution is 6.00. The van der Waals surface area contributed by atoms with Gasteiger partial charge in [-0.1, -0.05) is 0 Å². The molecule has 100 valence electrons. The first-order chi connectivity index (χ1) is 8.60. The number of ether oxygens (including phenoxy) is 1. The van der Waals surface area contributed by atoms with Gasteiger partial charge in [-0.05, 0) is 38.1 Å². The molecule has 0 aliphatic carbocycles. The number of carbonyl (C=O) groups excluding carboxylic acids is 1. The van der Waals surface area contributed by atoms with E-state index in [1.807, 2.05) is 0 Å². The molecule has 0 aromatic heterocycles. The van der Waals surface area contributed by atoms with Crippen LogP contribution in [0.15, 0.2) is 18.2 Å². The summed E-state index contributed by atoms with van der Waals surface area (Å²) in [5.74, 6) is 0.537. The standard InChI is InChI=1S/C13H20N2O3/c1-9(15-6-3-7-16)13(17)10-4-5-12(18-2)11(14)8-10/h4-5,8-9,15-16H,3,6-7,14H2,1-2H3. The average molecular weight is 252 g/mol. The van der Waals surface area contributed by atoms with Crippen molar-refractivity contribution in [3.8, 4) is 5.75 Å². The summed E-state index contributed by atoms with van der Waals surface area (Å²) in [6.45, 7) is 2.51. The third-order valence-electron chi connectivity index (χ3n) is 2.69. The molecule has 1 atom stereocenters. The van der Waals surface area contributed by atoms with Crippen LogP contribution in [0.25, 0.3) is 0 Å². The van der Waals surface area contributed by atoms with Crippen molar-refractivity contribution in [2.75, 3.05) is 26.0 Å². The summed E-state index contributed by atoms with van der Waals surface area (Å²) in [6.07, 6.45) is 0.627. The number of Topliss-reactive ketones (excluding diaryl/α,β-unsaturated/α-hetero) is 1. The lowest BCUT2D eigenvalue weighted by molar-refractivity contribution is 0.0950. The van der Waals surface area contributed by atoms with E-state index in [0.717, 1.165) is 0 Å². The number of benzene rings is 1. The van der Waals surface area contributed by atoms with Crippen molar-refractivity contribution in [3.05, 3.63) is 23.8 Å². The molecule has 0 amide bonds. The number of nitrogens with two attached hydrogens (primary N) is 1. The number of nitrogen functional groups attached to an aromatic ring is 1. The Morgan fingerprint density at radius 2 is 2.28 bits per heavy atom. The molecule has 5 nitrogen and oxygen atoms in total. The Morgan fingerprint density at radius 3 is 2.83 bits per heavy atom. The summed E-state index contributed by atoms with van der Waals surface area (Å²) in [7, 11) is 1.53. The molecule has 0 aliphatic heterocycles. The smallest absolute Gasteiger partial charge is 0.179 e. The fourth-order valence-electron chi connectivity index (χ4n) is 1.63. The first-order valence-electron chi connectivity index (χ1n) is 5.92. The van der Waals surface area contributed by atoms with Gasteiger partial charge >= 0.3 is 0 Å². The van der Waals surface area contributed by atoms with Crippen LogP contribution < -0.4 is 15.8 Å². The van der Waals surface area contributed by atoms with Crippen molar-refractivity contribution in [2.45, 2.75) is 19.4 Å². The molecule has 1 unspecified atom stereocenters. The maximum Gasteiger partial charge on any atom is 0.179 e. The van der Waals surface area contributed by atoms with Crippen molar-refractivity contribution in [3.63, 3.8) is 0 Å². The summed E-state index contributed by atoms with van der Waals surface area (Å²) < 4.78 is 5.04. The molecule has 0 saturated carbocycles. The van der Waals surface area contributed by atoms with Gasteiger partial charge in [-0.25, -0.2) is 0 Å². The summed E-state index contributed by atoms with van der Waals surface area (Å²) >= 11 is 0. The van der Waals surface area contributed by atoms with Gasteiger partial charge in [-0.3, -0.25) is 4.79 Å². The monoisotopic (exact) mass is 252 g/mol. The molecule has 0 aliphatic rings. The number of ketones is 1. The number of carbonyl (C=O) groups is 1. The maximum atomic E-state index is 12.1. The van der Waals surface area contributed by atoms with Crippen LogP contribution >= 0.6 is 0 Å². The molecule has 0 saturated heterocycles. The number of hydrogen-bond donors (Lipinski definition) is 3. The van der Waals surface area contributed by atoms with Gasteiger partial charge in [-0.2, -0.15) is 0 Å². The van der Waals surface area contributed by atoms with E-state index in [0.29, 0.717) is 30.0 Å². The van der Waals surface area contributed by atoms with Crippen LogP contribution in [0.4, 0.5) is 5.69 Å². The SMILES string of the molecule is COc1ccc(C(=O)C(C)NCCCO)cc1N. The normalized spacial score (nSPS) is 12.2. The Hall–Kier alpha value is -1.59. The molecule has 0 fully saturated rings. The van der Waals surface area contributed by atoms with Crippen molar-refractivity contribution in [1.82, 2.24) is 5.32 Å². The molecular weight excluding hydrogens is 232 g/mol. The number of hydrogen-bond acceptors (Lipinski definition) is 5. The van der Waals surface area contributed by atoms with Gasteiger partial charge in [0.25, 0.3) is 0 Å². The molecule has 0 spiro atoms. The lowest BCUT2D eigenvalue weighted by atomic mass is 10.0. The highest BCUT2D eigenvalue weighted by atomic mass is 16.5. The van der Waals surface area contributed by atoms with E-state index in [9.17, 15) is 4.79 Å². The van der Waals surface area contributed by atoms with Gasteiger partial charge in [-0.15, -0.1) is 0 Å². The Balaban J connectivity index is 2.68. The van der Waals surface area contributed by atoms with Crippen LogP contribution in [0.2, 0.25) is 0 Å². The summed E-state index contributed by atoms with van der Waals surface area (Å²) in [5, 5.41) is 11.7. The van der Waals surface area contributed by atoms with Crippen LogP contribution in [-0.4, -0.2) is 37.2 Å². The van der Waals surface area contributed by atoms with E-state index in [-0.39, 0.29) is 18.4 Å². The highest BCUT2D eigenvalue weighted by Gasteiger charge is 2.15. The third kappa shape index (κ3) is 3.72. The highest BCUT2D eigenvalue weighted by Crippen LogP contribution is 2.22. The molecule has 0 radical (unpaired) electrons. The van der Waals surface area contributed by atoms with Gasteiger partial charge in [0, 0.05) is 12.2 Å². The number of aliphatic hydroxyl groups excluding tert-OH is 1. The Labute approximate surface area is 107 Å². The van der Waals surface area contributed by atoms with Crippen LogP contribution in [0.5, 0.6) is 5.75 Å².